The molecule has 2 atom stereocenters. The third-order valence-corrected chi connectivity index (χ3v) is 18.2. The van der Waals surface area contributed by atoms with Gasteiger partial charge in [0.25, 0.3) is 0 Å². The fourth-order valence-corrected chi connectivity index (χ4v) is 12.3. The van der Waals surface area contributed by atoms with Gasteiger partial charge in [-0.05, 0) is 83.5 Å². The Bertz CT molecular complexity index is 1380. The fourth-order valence-electron chi connectivity index (χ4n) is 12.3. The number of allylic oxidation sites excluding steroid dienone is 6. The van der Waals surface area contributed by atoms with Gasteiger partial charge in [-0.25, -0.2) is 0 Å². The van der Waals surface area contributed by atoms with Crippen LogP contribution >= 0.6 is 0 Å². The van der Waals surface area contributed by atoms with E-state index in [0.717, 1.165) is 51.4 Å². The molecule has 0 saturated carbocycles. The SMILES string of the molecule is CCCCCC/C=C\C/C=C\CCCCCCCCCC(=O)OCCCCCCCCCCCCCC/C=C\CCCCCCCCCCCCCCC(=O)NC(CO)C(O)CCCCCCCCCCCCCCCCCCCCCCCC. The van der Waals surface area contributed by atoms with Gasteiger partial charge in [-0.2, -0.15) is 0 Å². The van der Waals surface area contributed by atoms with Crippen LogP contribution in [0.3, 0.4) is 0 Å². The first-order chi connectivity index (χ1) is 42.0. The molecule has 0 aromatic carbocycles. The summed E-state index contributed by atoms with van der Waals surface area (Å²) in [5.41, 5.74) is 0. The maximum absolute atomic E-state index is 12.6. The molecule has 6 heteroatoms. The smallest absolute Gasteiger partial charge is 0.305 e. The molecule has 1 amide bonds. The summed E-state index contributed by atoms with van der Waals surface area (Å²) in [6, 6.07) is -0.543. The Balaban J connectivity index is 3.38. The van der Waals surface area contributed by atoms with Crippen molar-refractivity contribution in [2.24, 2.45) is 0 Å². The van der Waals surface area contributed by atoms with Crippen LogP contribution < -0.4 is 5.32 Å². The van der Waals surface area contributed by atoms with Gasteiger partial charge in [-0.15, -0.1) is 0 Å². The third kappa shape index (κ3) is 71.0. The number of aliphatic hydroxyl groups is 2. The van der Waals surface area contributed by atoms with Crippen molar-refractivity contribution in [1.82, 2.24) is 5.32 Å². The molecular formula is C79H151NO5. The van der Waals surface area contributed by atoms with Crippen molar-refractivity contribution < 1.29 is 24.5 Å². The van der Waals surface area contributed by atoms with Crippen LogP contribution in [0.2, 0.25) is 0 Å². The molecule has 2 unspecified atom stereocenters. The topological polar surface area (TPSA) is 95.9 Å². The summed E-state index contributed by atoms with van der Waals surface area (Å²) in [5.74, 6) is -0.0209. The predicted molar refractivity (Wildman–Crippen MR) is 375 cm³/mol. The number of hydrogen-bond acceptors (Lipinski definition) is 5. The second-order valence-corrected chi connectivity index (χ2v) is 26.7. The van der Waals surface area contributed by atoms with Gasteiger partial charge in [0, 0.05) is 12.8 Å². The Labute approximate surface area is 532 Å². The largest absolute Gasteiger partial charge is 0.466 e. The van der Waals surface area contributed by atoms with E-state index in [-0.39, 0.29) is 18.5 Å². The number of carbonyl (C=O) groups is 2. The van der Waals surface area contributed by atoms with E-state index in [9.17, 15) is 19.8 Å². The lowest BCUT2D eigenvalue weighted by molar-refractivity contribution is -0.143. The average molecular weight is 1200 g/mol. The summed E-state index contributed by atoms with van der Waals surface area (Å²) in [6.45, 7) is 4.98. The van der Waals surface area contributed by atoms with E-state index in [2.05, 4.69) is 55.6 Å². The van der Waals surface area contributed by atoms with Gasteiger partial charge in [-0.1, -0.05) is 371 Å². The summed E-state index contributed by atoms with van der Waals surface area (Å²) in [7, 11) is 0. The van der Waals surface area contributed by atoms with Crippen LogP contribution in [0, 0.1) is 0 Å². The van der Waals surface area contributed by atoms with E-state index in [1.165, 1.54) is 347 Å². The molecule has 0 saturated heterocycles. The van der Waals surface area contributed by atoms with Gasteiger partial charge >= 0.3 is 5.97 Å². The van der Waals surface area contributed by atoms with Crippen LogP contribution in [-0.4, -0.2) is 47.4 Å². The van der Waals surface area contributed by atoms with Gasteiger partial charge in [-0.3, -0.25) is 9.59 Å². The first kappa shape index (κ1) is 83.1. The Hall–Kier alpha value is -1.92. The normalized spacial score (nSPS) is 12.7. The number of esters is 1. The van der Waals surface area contributed by atoms with Crippen molar-refractivity contribution >= 4 is 11.9 Å². The number of nitrogens with one attached hydrogen (secondary N) is 1. The van der Waals surface area contributed by atoms with Gasteiger partial charge in [0.05, 0.1) is 25.4 Å². The molecule has 0 aromatic rings. The standard InChI is InChI=1S/C79H151NO5/c1-3-5-7-9-11-13-15-17-19-21-23-24-33-36-39-43-47-51-55-59-63-67-71-77(82)76(75-81)80-78(83)72-68-64-60-56-52-48-44-40-37-34-31-29-27-25-26-28-30-32-35-38-42-46-50-54-58-62-66-70-74-85-79(84)73-69-65-61-57-53-49-45-41-22-20-18-16-14-12-10-8-6-4-2/h14,16,20,22,25-26,76-77,81-82H,3-13,15,17-19,21,23-24,27-75H2,1-2H3,(H,80,83)/b16-14-,22-20-,26-25-. The van der Waals surface area contributed by atoms with Crippen LogP contribution in [0.5, 0.6) is 0 Å². The maximum atomic E-state index is 12.6. The number of amides is 1. The minimum absolute atomic E-state index is 0.00931. The van der Waals surface area contributed by atoms with Crippen molar-refractivity contribution in [3.05, 3.63) is 36.5 Å². The summed E-state index contributed by atoms with van der Waals surface area (Å²) in [4.78, 5) is 24.7. The van der Waals surface area contributed by atoms with Crippen LogP contribution in [0.4, 0.5) is 0 Å². The van der Waals surface area contributed by atoms with E-state index in [1.54, 1.807) is 0 Å². The predicted octanol–water partition coefficient (Wildman–Crippen LogP) is 25.4. The van der Waals surface area contributed by atoms with Crippen molar-refractivity contribution in [3.8, 4) is 0 Å². The van der Waals surface area contributed by atoms with Gasteiger partial charge in [0.2, 0.25) is 5.91 Å². The van der Waals surface area contributed by atoms with E-state index < -0.39 is 12.1 Å². The number of rotatable bonds is 73. The molecule has 0 aliphatic rings. The van der Waals surface area contributed by atoms with Crippen molar-refractivity contribution in [2.75, 3.05) is 13.2 Å². The molecule has 0 heterocycles. The van der Waals surface area contributed by atoms with Gasteiger partial charge in [0.1, 0.15) is 0 Å². The highest BCUT2D eigenvalue weighted by atomic mass is 16.5. The molecule has 85 heavy (non-hydrogen) atoms. The molecule has 502 valence electrons. The van der Waals surface area contributed by atoms with Crippen molar-refractivity contribution in [3.63, 3.8) is 0 Å². The third-order valence-electron chi connectivity index (χ3n) is 18.2. The minimum Gasteiger partial charge on any atom is -0.466 e. The number of ether oxygens (including phenoxy) is 1. The molecule has 0 aliphatic carbocycles. The summed E-state index contributed by atoms with van der Waals surface area (Å²) in [5, 5.41) is 23.5. The number of carbonyl (C=O) groups excluding carboxylic acids is 2. The summed E-state index contributed by atoms with van der Waals surface area (Å²) >= 11 is 0. The Kier molecular flexibility index (Phi) is 72.9. The van der Waals surface area contributed by atoms with Gasteiger partial charge in [0.15, 0.2) is 0 Å². The summed E-state index contributed by atoms with van der Waals surface area (Å²) in [6.07, 6.45) is 96.5. The van der Waals surface area contributed by atoms with Crippen LogP contribution in [0.1, 0.15) is 431 Å². The molecule has 0 aromatic heterocycles. The summed E-state index contributed by atoms with van der Waals surface area (Å²) < 4.78 is 5.50. The Morgan fingerprint density at radius 2 is 0.588 bits per heavy atom. The minimum atomic E-state index is -0.666. The first-order valence-corrected chi connectivity index (χ1v) is 38.7. The van der Waals surface area contributed by atoms with Crippen molar-refractivity contribution in [1.29, 1.82) is 0 Å². The second-order valence-electron chi connectivity index (χ2n) is 26.7. The van der Waals surface area contributed by atoms with Crippen molar-refractivity contribution in [2.45, 2.75) is 443 Å². The van der Waals surface area contributed by atoms with Gasteiger partial charge < -0.3 is 20.3 Å². The molecule has 0 aliphatic heterocycles. The highest BCUT2D eigenvalue weighted by Crippen LogP contribution is 2.19. The first-order valence-electron chi connectivity index (χ1n) is 38.7. The number of hydrogen-bond donors (Lipinski definition) is 3. The zero-order valence-electron chi connectivity index (χ0n) is 57.6. The molecule has 0 spiro atoms. The van der Waals surface area contributed by atoms with E-state index in [0.29, 0.717) is 25.9 Å². The number of unbranched alkanes of at least 4 members (excludes halogenated alkanes) is 56. The lowest BCUT2D eigenvalue weighted by atomic mass is 10.0. The fraction of sp³-hybridized carbons (Fsp3) is 0.899. The molecule has 3 N–H and O–H groups in total. The lowest BCUT2D eigenvalue weighted by Gasteiger charge is -2.22. The van der Waals surface area contributed by atoms with Crippen LogP contribution in [-0.2, 0) is 14.3 Å². The van der Waals surface area contributed by atoms with Crippen LogP contribution in [0.15, 0.2) is 36.5 Å². The van der Waals surface area contributed by atoms with E-state index in [4.69, 9.17) is 4.74 Å². The molecule has 0 fully saturated rings. The zero-order chi connectivity index (χ0) is 61.3. The Morgan fingerprint density at radius 3 is 0.918 bits per heavy atom. The molecule has 0 rings (SSSR count). The quantitative estimate of drug-likeness (QED) is 0.0320. The second kappa shape index (κ2) is 74.5. The average Bonchev–Trinajstić information content (AvgIpc) is 3.51. The number of aliphatic hydroxyl groups excluding tert-OH is 2. The molecule has 0 radical (unpaired) electrons. The van der Waals surface area contributed by atoms with E-state index in [1.807, 2.05) is 0 Å². The van der Waals surface area contributed by atoms with E-state index >= 15 is 0 Å². The highest BCUT2D eigenvalue weighted by molar-refractivity contribution is 5.76. The Morgan fingerprint density at radius 1 is 0.329 bits per heavy atom. The van der Waals surface area contributed by atoms with Crippen LogP contribution in [0.25, 0.3) is 0 Å². The molecular weight excluding hydrogens is 1040 g/mol. The molecule has 6 nitrogen and oxygen atoms in total. The monoisotopic (exact) mass is 1190 g/mol. The lowest BCUT2D eigenvalue weighted by Crippen LogP contribution is -2.45. The molecule has 0 bridgehead atoms. The zero-order valence-corrected chi connectivity index (χ0v) is 57.6. The highest BCUT2D eigenvalue weighted by Gasteiger charge is 2.20. The maximum Gasteiger partial charge on any atom is 0.305 e.